The molecular weight excluding hydrogens is 1080 g/mol. The van der Waals surface area contributed by atoms with Crippen molar-refractivity contribution in [2.45, 2.75) is 0 Å². The average molecular weight is 1140 g/mol. The number of hydrogen-bond donors (Lipinski definition) is 0. The average Bonchev–Trinajstić information content (AvgIpc) is 1.01. The van der Waals surface area contributed by atoms with Crippen molar-refractivity contribution in [2.75, 3.05) is 24.5 Å². The van der Waals surface area contributed by atoms with Crippen molar-refractivity contribution in [3.63, 3.8) is 0 Å². The van der Waals surface area contributed by atoms with Crippen LogP contribution in [0, 0.1) is 0 Å². The number of rotatable bonds is 9. The summed E-state index contributed by atoms with van der Waals surface area (Å²) in [7, 11) is 0. The third kappa shape index (κ3) is 8.09. The van der Waals surface area contributed by atoms with E-state index in [1.807, 2.05) is 0 Å². The van der Waals surface area contributed by atoms with Crippen molar-refractivity contribution in [2.24, 2.45) is 0 Å². The molecule has 0 spiro atoms. The van der Waals surface area contributed by atoms with Crippen molar-refractivity contribution in [1.29, 1.82) is 0 Å². The smallest absolute Gasteiger partial charge is 0.260 e. The molecule has 0 aliphatic carbocycles. The van der Waals surface area contributed by atoms with Gasteiger partial charge in [0.2, 0.25) is 0 Å². The number of ether oxygens (including phenoxy) is 2. The number of benzene rings is 13. The molecule has 416 valence electrons. The molecule has 89 heavy (non-hydrogen) atoms. The van der Waals surface area contributed by atoms with Gasteiger partial charge in [0.25, 0.3) is 13.4 Å². The Hall–Kier alpha value is -11.7. The van der Waals surface area contributed by atoms with Crippen LogP contribution in [0.3, 0.4) is 0 Å². The van der Waals surface area contributed by atoms with Crippen LogP contribution in [-0.4, -0.2) is 13.4 Å². The third-order valence-corrected chi connectivity index (χ3v) is 18.2. The van der Waals surface area contributed by atoms with Crippen LogP contribution in [0.5, 0.6) is 23.0 Å². The molecule has 0 bridgehead atoms. The molecular formula is C80H53B2N5O2. The Morgan fingerprint density at radius 2 is 0.697 bits per heavy atom. The van der Waals surface area contributed by atoms with E-state index in [9.17, 15) is 0 Å². The standard InChI is InChI=1S/C80H53B2N5O2/c1-8-27-55(28-9-1)83(56-29-10-2-11-30-56)62-48-73-78-74(49-62)87(61-39-20-7-21-40-61)72-53-75-68(52-67(72)81(78)65-41-23-25-43-71(65)86(73)60-37-18-6-19-38-60)82-66-46-47-70-64(45-44-54-26-22-24-42-69(54)85(70)59-35-16-5-17-36-59)80(66)89-77-51-63(50-76(88-75)79(77)82)84(57-31-12-3-13-32-57)58-33-14-4-15-34-58/h1-53H. The van der Waals surface area contributed by atoms with Gasteiger partial charge in [-0.2, -0.15) is 0 Å². The van der Waals surface area contributed by atoms with Crippen LogP contribution in [-0.2, 0) is 0 Å². The zero-order valence-corrected chi connectivity index (χ0v) is 48.3. The summed E-state index contributed by atoms with van der Waals surface area (Å²) in [6.07, 6.45) is 4.51. The summed E-state index contributed by atoms with van der Waals surface area (Å²) >= 11 is 0. The van der Waals surface area contributed by atoms with E-state index in [-0.39, 0.29) is 13.4 Å². The molecule has 0 fully saturated rings. The lowest BCUT2D eigenvalue weighted by atomic mass is 9.31. The number of nitrogens with zero attached hydrogens (tertiary/aromatic N) is 5. The zero-order chi connectivity index (χ0) is 58.5. The number of hydrogen-bond acceptors (Lipinski definition) is 7. The Morgan fingerprint density at radius 3 is 1.25 bits per heavy atom. The Labute approximate surface area is 518 Å². The van der Waals surface area contributed by atoms with Gasteiger partial charge in [-0.15, -0.1) is 0 Å². The van der Waals surface area contributed by atoms with Gasteiger partial charge in [-0.1, -0.05) is 182 Å². The molecule has 5 heterocycles. The molecule has 0 atom stereocenters. The minimum Gasteiger partial charge on any atom is -0.458 e. The van der Waals surface area contributed by atoms with Crippen LogP contribution in [0.25, 0.3) is 12.2 Å². The van der Waals surface area contributed by atoms with Gasteiger partial charge in [-0.25, -0.2) is 0 Å². The van der Waals surface area contributed by atoms with Crippen LogP contribution in [0.2, 0.25) is 0 Å². The second kappa shape index (κ2) is 20.5. The Balaban J connectivity index is 0.916. The summed E-state index contributed by atoms with van der Waals surface area (Å²) in [6, 6.07) is 111. The molecule has 0 unspecified atom stereocenters. The van der Waals surface area contributed by atoms with E-state index in [1.54, 1.807) is 0 Å². The molecule has 5 aliphatic heterocycles. The fraction of sp³-hybridized carbons (Fsp3) is 0. The predicted octanol–water partition coefficient (Wildman–Crippen LogP) is 17.4. The van der Waals surface area contributed by atoms with E-state index >= 15 is 0 Å². The monoisotopic (exact) mass is 1140 g/mol. The van der Waals surface area contributed by atoms with Crippen molar-refractivity contribution in [1.82, 2.24) is 0 Å². The number of fused-ring (bicyclic) bond motifs is 11. The molecule has 0 amide bonds. The van der Waals surface area contributed by atoms with Crippen molar-refractivity contribution < 1.29 is 9.47 Å². The molecule has 13 aromatic rings. The van der Waals surface area contributed by atoms with Gasteiger partial charge in [0.1, 0.15) is 23.0 Å². The van der Waals surface area contributed by atoms with Gasteiger partial charge >= 0.3 is 0 Å². The largest absolute Gasteiger partial charge is 0.458 e. The fourth-order valence-corrected chi connectivity index (χ4v) is 14.5. The molecule has 18 rings (SSSR count). The highest BCUT2D eigenvalue weighted by Gasteiger charge is 2.48. The highest BCUT2D eigenvalue weighted by atomic mass is 16.5. The van der Waals surface area contributed by atoms with E-state index in [4.69, 9.17) is 9.47 Å². The second-order valence-electron chi connectivity index (χ2n) is 23.2. The molecule has 9 heteroatoms. The second-order valence-corrected chi connectivity index (χ2v) is 23.2. The predicted molar refractivity (Wildman–Crippen MR) is 371 cm³/mol. The van der Waals surface area contributed by atoms with Gasteiger partial charge in [-0.3, -0.25) is 0 Å². The maximum Gasteiger partial charge on any atom is 0.260 e. The van der Waals surface area contributed by atoms with Crippen molar-refractivity contribution in [3.05, 3.63) is 321 Å². The van der Waals surface area contributed by atoms with E-state index < -0.39 is 0 Å². The fourth-order valence-electron chi connectivity index (χ4n) is 14.5. The van der Waals surface area contributed by atoms with E-state index in [1.165, 1.54) is 16.4 Å². The molecule has 0 saturated heterocycles. The maximum absolute atomic E-state index is 7.65. The summed E-state index contributed by atoms with van der Waals surface area (Å²) in [5.74, 6) is 3.10. The molecule has 13 aromatic carbocycles. The van der Waals surface area contributed by atoms with Crippen molar-refractivity contribution in [3.8, 4) is 23.0 Å². The van der Waals surface area contributed by atoms with Gasteiger partial charge in [-0.05, 0) is 154 Å². The minimum absolute atomic E-state index is 0.187. The first-order valence-electron chi connectivity index (χ1n) is 30.5. The topological polar surface area (TPSA) is 34.7 Å². The first-order valence-corrected chi connectivity index (χ1v) is 30.5. The molecule has 0 N–H and O–H groups in total. The zero-order valence-electron chi connectivity index (χ0n) is 48.3. The molecule has 5 aliphatic rings. The summed E-state index contributed by atoms with van der Waals surface area (Å²) in [5, 5.41) is 0. The van der Waals surface area contributed by atoms with Crippen LogP contribution in [0.1, 0.15) is 11.1 Å². The lowest BCUT2D eigenvalue weighted by Gasteiger charge is -2.45. The Bertz CT molecular complexity index is 4870. The van der Waals surface area contributed by atoms with E-state index in [0.29, 0.717) is 0 Å². The molecule has 0 saturated carbocycles. The lowest BCUT2D eigenvalue weighted by molar-refractivity contribution is 0.464. The Morgan fingerprint density at radius 1 is 0.258 bits per heavy atom. The summed E-state index contributed by atoms with van der Waals surface area (Å²) < 4.78 is 15.3. The van der Waals surface area contributed by atoms with Gasteiger partial charge < -0.3 is 34.0 Å². The van der Waals surface area contributed by atoms with Gasteiger partial charge in [0.05, 0.1) is 22.7 Å². The SMILES string of the molecule is C1=Cc2c(ccc3c2Oc2cc(N(c4ccccc4)c4ccccc4)cc4c2B3c2cc3c(cc2O4)N(c2ccccc2)c2cc(N(c4ccccc4)c4ccccc4)cc4c2B3c2ccccc2N4c2ccccc2)N(c2ccccc2)c2ccccc21. The third-order valence-electron chi connectivity index (χ3n) is 18.2. The summed E-state index contributed by atoms with van der Waals surface area (Å²) in [4.78, 5) is 12.0. The Kier molecular flexibility index (Phi) is 11.7. The van der Waals surface area contributed by atoms with Gasteiger partial charge in [0.15, 0.2) is 0 Å². The molecule has 7 nitrogen and oxygen atoms in total. The highest BCUT2D eigenvalue weighted by molar-refractivity contribution is 7.02. The number of anilines is 15. The normalized spacial score (nSPS) is 13.2. The van der Waals surface area contributed by atoms with Gasteiger partial charge in [0, 0.05) is 91.8 Å². The maximum atomic E-state index is 7.65. The highest BCUT2D eigenvalue weighted by Crippen LogP contribution is 2.52. The van der Waals surface area contributed by atoms with Crippen LogP contribution in [0.4, 0.5) is 85.3 Å². The van der Waals surface area contributed by atoms with Crippen molar-refractivity contribution >= 4 is 144 Å². The van der Waals surface area contributed by atoms with E-state index in [2.05, 4.69) is 346 Å². The molecule has 0 radical (unpaired) electrons. The molecule has 0 aromatic heterocycles. The van der Waals surface area contributed by atoms with Crippen LogP contribution in [0.15, 0.2) is 309 Å². The lowest BCUT2D eigenvalue weighted by Crippen LogP contribution is -2.64. The number of para-hydroxylation sites is 9. The summed E-state index contributed by atoms with van der Waals surface area (Å²) in [5.41, 5.74) is 24.7. The minimum atomic E-state index is -0.290. The quantitative estimate of drug-likeness (QED) is 0.133. The van der Waals surface area contributed by atoms with Crippen LogP contribution >= 0.6 is 0 Å². The van der Waals surface area contributed by atoms with Crippen LogP contribution < -0.4 is 66.8 Å². The first kappa shape index (κ1) is 50.6. The van der Waals surface area contributed by atoms with E-state index in [0.717, 1.165) is 136 Å². The first-order chi connectivity index (χ1) is 44.2. The summed E-state index contributed by atoms with van der Waals surface area (Å²) in [6.45, 7) is -0.477.